The lowest BCUT2D eigenvalue weighted by Crippen LogP contribution is -2.16. The molecule has 0 aliphatic rings. The van der Waals surface area contributed by atoms with Crippen molar-refractivity contribution >= 4 is 17.2 Å². The lowest BCUT2D eigenvalue weighted by Gasteiger charge is -2.06. The van der Waals surface area contributed by atoms with Gasteiger partial charge in [0.15, 0.2) is 5.65 Å². The van der Waals surface area contributed by atoms with Gasteiger partial charge in [-0.2, -0.15) is 4.52 Å². The van der Waals surface area contributed by atoms with Crippen molar-refractivity contribution in [1.82, 2.24) is 14.6 Å². The molecule has 0 saturated carbocycles. The molecule has 26 heavy (non-hydrogen) atoms. The fourth-order valence-corrected chi connectivity index (χ4v) is 3.29. The van der Waals surface area contributed by atoms with E-state index in [9.17, 15) is 4.79 Å². The van der Waals surface area contributed by atoms with Crippen molar-refractivity contribution < 1.29 is 4.74 Å². The molecule has 4 rings (SSSR count). The van der Waals surface area contributed by atoms with Crippen molar-refractivity contribution in [2.24, 2.45) is 0 Å². The van der Waals surface area contributed by atoms with Crippen LogP contribution in [0.2, 0.25) is 5.02 Å². The van der Waals surface area contributed by atoms with Crippen LogP contribution in [-0.2, 0) is 0 Å². The van der Waals surface area contributed by atoms with Crippen LogP contribution in [0.4, 0.5) is 0 Å². The average molecular weight is 366 g/mol. The average Bonchev–Trinajstić information content (AvgIpc) is 3.01. The number of aromatic amines is 1. The molecule has 1 N–H and O–H groups in total. The van der Waals surface area contributed by atoms with Crippen LogP contribution in [0.25, 0.3) is 28.0 Å². The number of rotatable bonds is 3. The predicted octanol–water partition coefficient (Wildman–Crippen LogP) is 4.33. The van der Waals surface area contributed by atoms with Crippen molar-refractivity contribution in [2.45, 2.75) is 6.92 Å². The van der Waals surface area contributed by atoms with Crippen molar-refractivity contribution in [1.29, 1.82) is 0 Å². The monoisotopic (exact) mass is 365 g/mol. The Morgan fingerprint density at radius 2 is 1.73 bits per heavy atom. The summed E-state index contributed by atoms with van der Waals surface area (Å²) in [5, 5.41) is 3.16. The third kappa shape index (κ3) is 2.57. The van der Waals surface area contributed by atoms with Crippen molar-refractivity contribution in [2.75, 3.05) is 7.11 Å². The molecule has 5 nitrogen and oxygen atoms in total. The SMILES string of the molecule is COc1ccc(-c2c(C)[nH]n3c(=O)c(Cl)c(-c4ccccc4)nc23)cc1. The summed E-state index contributed by atoms with van der Waals surface area (Å²) in [4.78, 5) is 17.5. The normalized spacial score (nSPS) is 11.0. The summed E-state index contributed by atoms with van der Waals surface area (Å²) in [6.07, 6.45) is 0. The highest BCUT2D eigenvalue weighted by Gasteiger charge is 2.19. The molecule has 0 spiro atoms. The Balaban J connectivity index is 2.01. The fourth-order valence-electron chi connectivity index (χ4n) is 3.05. The summed E-state index contributed by atoms with van der Waals surface area (Å²) >= 11 is 6.32. The van der Waals surface area contributed by atoms with E-state index in [0.29, 0.717) is 11.3 Å². The summed E-state index contributed by atoms with van der Waals surface area (Å²) in [7, 11) is 1.63. The maximum atomic E-state index is 12.8. The first-order valence-corrected chi connectivity index (χ1v) is 8.48. The van der Waals surface area contributed by atoms with Crippen molar-refractivity contribution in [3.63, 3.8) is 0 Å². The van der Waals surface area contributed by atoms with E-state index in [1.807, 2.05) is 61.5 Å². The lowest BCUT2D eigenvalue weighted by molar-refractivity contribution is 0.415. The van der Waals surface area contributed by atoms with Gasteiger partial charge in [0.05, 0.1) is 12.8 Å². The van der Waals surface area contributed by atoms with Crippen LogP contribution < -0.4 is 10.3 Å². The molecule has 0 aliphatic heterocycles. The number of nitrogens with one attached hydrogen (secondary N) is 1. The Morgan fingerprint density at radius 3 is 2.38 bits per heavy atom. The fraction of sp³-hybridized carbons (Fsp3) is 0.100. The molecule has 0 unspecified atom stereocenters. The zero-order valence-electron chi connectivity index (χ0n) is 14.3. The smallest absolute Gasteiger partial charge is 0.292 e. The van der Waals surface area contributed by atoms with E-state index in [2.05, 4.69) is 5.10 Å². The molecule has 4 aromatic rings. The van der Waals surface area contributed by atoms with Gasteiger partial charge in [-0.15, -0.1) is 0 Å². The van der Waals surface area contributed by atoms with Crippen LogP contribution in [0.15, 0.2) is 59.4 Å². The Morgan fingerprint density at radius 1 is 1.04 bits per heavy atom. The molecule has 0 atom stereocenters. The number of hydrogen-bond acceptors (Lipinski definition) is 3. The second kappa shape index (κ2) is 6.35. The largest absolute Gasteiger partial charge is 0.497 e. The van der Waals surface area contributed by atoms with E-state index in [1.165, 1.54) is 4.52 Å². The highest BCUT2D eigenvalue weighted by atomic mass is 35.5. The van der Waals surface area contributed by atoms with E-state index in [1.54, 1.807) is 7.11 Å². The van der Waals surface area contributed by atoms with Gasteiger partial charge in [0.1, 0.15) is 10.8 Å². The maximum absolute atomic E-state index is 12.8. The zero-order valence-corrected chi connectivity index (χ0v) is 15.0. The van der Waals surface area contributed by atoms with Crippen LogP contribution in [0.1, 0.15) is 5.69 Å². The maximum Gasteiger partial charge on any atom is 0.292 e. The third-order valence-corrected chi connectivity index (χ3v) is 4.67. The second-order valence-corrected chi connectivity index (χ2v) is 6.32. The number of nitrogens with zero attached hydrogens (tertiary/aromatic N) is 2. The number of ether oxygens (including phenoxy) is 1. The molecule has 2 aromatic carbocycles. The van der Waals surface area contributed by atoms with Gasteiger partial charge in [0.25, 0.3) is 5.56 Å². The molecule has 6 heteroatoms. The van der Waals surface area contributed by atoms with E-state index < -0.39 is 0 Å². The molecular formula is C20H16ClN3O2. The first kappa shape index (κ1) is 16.4. The van der Waals surface area contributed by atoms with Gasteiger partial charge < -0.3 is 4.74 Å². The van der Waals surface area contributed by atoms with Crippen molar-refractivity contribution in [3.05, 3.63) is 75.7 Å². The zero-order chi connectivity index (χ0) is 18.3. The number of hydrogen-bond donors (Lipinski definition) is 1. The summed E-state index contributed by atoms with van der Waals surface area (Å²) in [6, 6.07) is 17.1. The number of methoxy groups -OCH3 is 1. The number of aromatic nitrogens is 3. The molecule has 130 valence electrons. The quantitative estimate of drug-likeness (QED) is 0.588. The second-order valence-electron chi connectivity index (χ2n) is 5.94. The van der Waals surface area contributed by atoms with Crippen LogP contribution >= 0.6 is 11.6 Å². The first-order chi connectivity index (χ1) is 12.6. The Hall–Kier alpha value is -3.05. The van der Waals surface area contributed by atoms with Gasteiger partial charge in [0, 0.05) is 16.8 Å². The van der Waals surface area contributed by atoms with Crippen LogP contribution in [0, 0.1) is 6.92 Å². The molecular weight excluding hydrogens is 350 g/mol. The Kier molecular flexibility index (Phi) is 4.01. The molecule has 2 heterocycles. The summed E-state index contributed by atoms with van der Waals surface area (Å²) in [6.45, 7) is 1.91. The van der Waals surface area contributed by atoms with Gasteiger partial charge >= 0.3 is 0 Å². The van der Waals surface area contributed by atoms with Crippen molar-refractivity contribution in [3.8, 4) is 28.1 Å². The number of aryl methyl sites for hydroxylation is 1. The Bertz CT molecular complexity index is 1150. The number of benzene rings is 2. The van der Waals surface area contributed by atoms with E-state index in [4.69, 9.17) is 21.3 Å². The minimum atomic E-state index is -0.321. The summed E-state index contributed by atoms with van der Waals surface area (Å²) in [5.41, 5.74) is 4.14. The molecule has 0 aliphatic carbocycles. The van der Waals surface area contributed by atoms with Crippen LogP contribution in [0.5, 0.6) is 5.75 Å². The van der Waals surface area contributed by atoms with E-state index in [-0.39, 0.29) is 10.6 Å². The summed E-state index contributed by atoms with van der Waals surface area (Å²) in [5.74, 6) is 0.768. The highest BCUT2D eigenvalue weighted by molar-refractivity contribution is 6.32. The van der Waals surface area contributed by atoms with E-state index in [0.717, 1.165) is 28.1 Å². The number of halogens is 1. The number of H-pyrrole nitrogens is 1. The van der Waals surface area contributed by atoms with Gasteiger partial charge in [-0.3, -0.25) is 9.89 Å². The molecule has 2 aromatic heterocycles. The highest BCUT2D eigenvalue weighted by Crippen LogP contribution is 2.31. The molecule has 0 radical (unpaired) electrons. The lowest BCUT2D eigenvalue weighted by atomic mass is 10.1. The summed E-state index contributed by atoms with van der Waals surface area (Å²) < 4.78 is 6.61. The molecule has 0 amide bonds. The topological polar surface area (TPSA) is 59.4 Å². The first-order valence-electron chi connectivity index (χ1n) is 8.11. The number of fused-ring (bicyclic) bond motifs is 1. The standard InChI is InChI=1S/C20H16ClN3O2/c1-12-16(13-8-10-15(26-2)11-9-13)19-22-18(14-6-4-3-5-7-14)17(21)20(25)24(19)23-12/h3-11,23H,1-2H3. The molecule has 0 fully saturated rings. The van der Waals surface area contributed by atoms with Gasteiger partial charge in [0.2, 0.25) is 0 Å². The Labute approximate surface area is 154 Å². The van der Waals surface area contributed by atoms with Crippen LogP contribution in [0.3, 0.4) is 0 Å². The predicted molar refractivity (Wildman–Crippen MR) is 103 cm³/mol. The molecule has 0 saturated heterocycles. The van der Waals surface area contributed by atoms with Crippen LogP contribution in [-0.4, -0.2) is 21.7 Å². The van der Waals surface area contributed by atoms with Gasteiger partial charge in [-0.05, 0) is 24.6 Å². The van der Waals surface area contributed by atoms with E-state index >= 15 is 0 Å². The third-order valence-electron chi connectivity index (χ3n) is 4.33. The van der Waals surface area contributed by atoms with Gasteiger partial charge in [-0.25, -0.2) is 4.98 Å². The van der Waals surface area contributed by atoms with Gasteiger partial charge in [-0.1, -0.05) is 54.1 Å². The minimum absolute atomic E-state index is 0.0937. The molecule has 0 bridgehead atoms. The minimum Gasteiger partial charge on any atom is -0.497 e.